The average Bonchev–Trinajstić information content (AvgIpc) is 2.17. The van der Waals surface area contributed by atoms with Crippen molar-refractivity contribution in [3.63, 3.8) is 0 Å². The molecular weight excluding hydrogens is 172 g/mol. The summed E-state index contributed by atoms with van der Waals surface area (Å²) in [6, 6.07) is 0.791. The monoisotopic (exact) mass is 200 g/mol. The van der Waals surface area contributed by atoms with Gasteiger partial charge in [0, 0.05) is 25.7 Å². The molecule has 1 N–H and O–H groups in total. The van der Waals surface area contributed by atoms with E-state index in [1.165, 1.54) is 32.6 Å². The van der Waals surface area contributed by atoms with Crippen molar-refractivity contribution in [2.24, 2.45) is 5.92 Å². The van der Waals surface area contributed by atoms with E-state index in [0.29, 0.717) is 0 Å². The Morgan fingerprint density at radius 3 is 2.21 bits per heavy atom. The predicted molar refractivity (Wildman–Crippen MR) is 64.7 cm³/mol. The van der Waals surface area contributed by atoms with Crippen molar-refractivity contribution >= 4 is 0 Å². The van der Waals surface area contributed by atoms with Crippen molar-refractivity contribution in [1.82, 2.24) is 10.2 Å². The van der Waals surface area contributed by atoms with E-state index >= 15 is 0 Å². The van der Waals surface area contributed by atoms with Crippen LogP contribution >= 0.6 is 0 Å². The highest BCUT2D eigenvalue weighted by Crippen LogP contribution is 2.05. The highest BCUT2D eigenvalue weighted by Gasteiger charge is 2.17. The number of hydrogen-bond acceptors (Lipinski definition) is 2. The van der Waals surface area contributed by atoms with Crippen LogP contribution in [0, 0.1) is 5.92 Å². The van der Waals surface area contributed by atoms with Gasteiger partial charge >= 0.3 is 0 Å². The van der Waals surface area contributed by atoms with Crippen molar-refractivity contribution in [3.05, 3.63) is 0 Å². The minimum Gasteiger partial charge on any atom is -0.314 e. The number of hydrogen-bond donors (Lipinski definition) is 1. The topological polar surface area (TPSA) is 15.3 Å². The molecule has 1 aliphatic heterocycles. The van der Waals surface area contributed by atoms with Crippen molar-refractivity contribution in [2.75, 3.05) is 26.2 Å². The second kappa shape index (κ2) is 8.25. The molecule has 1 rings (SSSR count). The van der Waals surface area contributed by atoms with E-state index in [4.69, 9.17) is 0 Å². The molecule has 0 aromatic carbocycles. The number of nitrogens with zero attached hydrogens (tertiary/aromatic N) is 1. The molecule has 0 aromatic heterocycles. The van der Waals surface area contributed by atoms with Crippen LogP contribution in [-0.4, -0.2) is 37.1 Å². The first-order chi connectivity index (χ1) is 6.61. The Morgan fingerprint density at radius 2 is 1.86 bits per heavy atom. The van der Waals surface area contributed by atoms with Gasteiger partial charge in [-0.25, -0.2) is 0 Å². The van der Waals surface area contributed by atoms with Crippen molar-refractivity contribution in [1.29, 1.82) is 0 Å². The first-order valence-electron chi connectivity index (χ1n) is 6.06. The summed E-state index contributed by atoms with van der Waals surface area (Å²) in [7, 11) is 0. The molecule has 0 amide bonds. The third kappa shape index (κ3) is 6.39. The zero-order valence-corrected chi connectivity index (χ0v) is 10.6. The molecule has 0 bridgehead atoms. The minimum atomic E-state index is 0.791. The summed E-state index contributed by atoms with van der Waals surface area (Å²) < 4.78 is 0. The molecule has 1 saturated heterocycles. The van der Waals surface area contributed by atoms with Gasteiger partial charge in [-0.1, -0.05) is 34.6 Å². The van der Waals surface area contributed by atoms with Gasteiger partial charge in [-0.2, -0.15) is 0 Å². The molecule has 1 unspecified atom stereocenters. The molecular formula is C12H28N2. The van der Waals surface area contributed by atoms with Crippen LogP contribution in [0.5, 0.6) is 0 Å². The van der Waals surface area contributed by atoms with Gasteiger partial charge in [0.2, 0.25) is 0 Å². The van der Waals surface area contributed by atoms with Crippen molar-refractivity contribution in [2.45, 2.75) is 47.1 Å². The van der Waals surface area contributed by atoms with Gasteiger partial charge in [0.25, 0.3) is 0 Å². The lowest BCUT2D eigenvalue weighted by molar-refractivity contribution is 0.165. The highest BCUT2D eigenvalue weighted by atomic mass is 15.2. The molecule has 1 heterocycles. The van der Waals surface area contributed by atoms with E-state index in [9.17, 15) is 0 Å². The zero-order valence-electron chi connectivity index (χ0n) is 10.6. The number of nitrogens with one attached hydrogen (secondary N) is 1. The van der Waals surface area contributed by atoms with Gasteiger partial charge in [-0.05, 0) is 18.9 Å². The summed E-state index contributed by atoms with van der Waals surface area (Å²) in [4.78, 5) is 2.55. The number of likely N-dealkylation sites (N-methyl/N-ethyl adjacent to an activating group) is 1. The Bertz CT molecular complexity index is 109. The summed E-state index contributed by atoms with van der Waals surface area (Å²) in [5, 5.41) is 3.41. The summed E-state index contributed by atoms with van der Waals surface area (Å²) in [5.74, 6) is 0.833. The van der Waals surface area contributed by atoms with Gasteiger partial charge in [0.1, 0.15) is 0 Å². The van der Waals surface area contributed by atoms with Crippen LogP contribution in [0.15, 0.2) is 0 Å². The Balaban J connectivity index is 0.000000364. The molecule has 0 radical (unpaired) electrons. The molecule has 2 nitrogen and oxygen atoms in total. The lowest BCUT2D eigenvalue weighted by Crippen LogP contribution is -2.50. The van der Waals surface area contributed by atoms with Crippen LogP contribution in [0.2, 0.25) is 0 Å². The first kappa shape index (κ1) is 13.9. The second-order valence-corrected chi connectivity index (χ2v) is 4.63. The molecule has 86 valence electrons. The average molecular weight is 200 g/mol. The fourth-order valence-electron chi connectivity index (χ4n) is 1.62. The van der Waals surface area contributed by atoms with Crippen molar-refractivity contribution in [3.8, 4) is 0 Å². The minimum absolute atomic E-state index is 0.791. The summed E-state index contributed by atoms with van der Waals surface area (Å²) in [6.45, 7) is 15.8. The molecule has 0 spiro atoms. The third-order valence-corrected chi connectivity index (χ3v) is 2.35. The standard InChI is InChI=1S/C8H18N2.C4H10/c1-3-8-7-9-5-6-10(8)4-2;1-4(2)3/h8-9H,3-7H2,1-2H3;4H,1-3H3. The van der Waals surface area contributed by atoms with E-state index in [0.717, 1.165) is 12.0 Å². The van der Waals surface area contributed by atoms with Gasteiger partial charge in [-0.3, -0.25) is 4.90 Å². The van der Waals surface area contributed by atoms with Crippen molar-refractivity contribution < 1.29 is 0 Å². The number of rotatable bonds is 2. The maximum atomic E-state index is 3.41. The van der Waals surface area contributed by atoms with Gasteiger partial charge in [0.15, 0.2) is 0 Å². The van der Waals surface area contributed by atoms with E-state index in [1.807, 2.05) is 0 Å². The summed E-state index contributed by atoms with van der Waals surface area (Å²) >= 11 is 0. The lowest BCUT2D eigenvalue weighted by Gasteiger charge is -2.34. The smallest absolute Gasteiger partial charge is 0.0218 e. The maximum absolute atomic E-state index is 3.41. The van der Waals surface area contributed by atoms with Crippen LogP contribution in [0.1, 0.15) is 41.0 Å². The van der Waals surface area contributed by atoms with Crippen LogP contribution < -0.4 is 5.32 Å². The molecule has 2 heteroatoms. The molecule has 1 atom stereocenters. The van der Waals surface area contributed by atoms with E-state index in [-0.39, 0.29) is 0 Å². The largest absolute Gasteiger partial charge is 0.314 e. The fourth-order valence-corrected chi connectivity index (χ4v) is 1.62. The molecule has 0 aliphatic carbocycles. The van der Waals surface area contributed by atoms with E-state index in [2.05, 4.69) is 44.8 Å². The molecule has 14 heavy (non-hydrogen) atoms. The molecule has 0 saturated carbocycles. The maximum Gasteiger partial charge on any atom is 0.0218 e. The van der Waals surface area contributed by atoms with E-state index in [1.54, 1.807) is 0 Å². The van der Waals surface area contributed by atoms with Crippen LogP contribution in [0.25, 0.3) is 0 Å². The fraction of sp³-hybridized carbons (Fsp3) is 1.00. The van der Waals surface area contributed by atoms with Crippen LogP contribution in [0.4, 0.5) is 0 Å². The highest BCUT2D eigenvalue weighted by molar-refractivity contribution is 4.77. The predicted octanol–water partition coefficient (Wildman–Crippen LogP) is 2.35. The van der Waals surface area contributed by atoms with Gasteiger partial charge < -0.3 is 5.32 Å². The SMILES string of the molecule is CC(C)C.CCC1CNCCN1CC. The normalized spacial score (nSPS) is 23.1. The Morgan fingerprint density at radius 1 is 1.29 bits per heavy atom. The Labute approximate surface area is 90.1 Å². The number of piperazine rings is 1. The quantitative estimate of drug-likeness (QED) is 0.736. The molecule has 0 aromatic rings. The van der Waals surface area contributed by atoms with Gasteiger partial charge in [-0.15, -0.1) is 0 Å². The zero-order chi connectivity index (χ0) is 11.0. The van der Waals surface area contributed by atoms with Gasteiger partial charge in [0.05, 0.1) is 0 Å². The lowest BCUT2D eigenvalue weighted by atomic mass is 10.1. The first-order valence-corrected chi connectivity index (χ1v) is 6.06. The summed E-state index contributed by atoms with van der Waals surface area (Å²) in [6.07, 6.45) is 1.28. The Hall–Kier alpha value is -0.0800. The summed E-state index contributed by atoms with van der Waals surface area (Å²) in [5.41, 5.74) is 0. The van der Waals surface area contributed by atoms with E-state index < -0.39 is 0 Å². The Kier molecular flexibility index (Phi) is 8.20. The van der Waals surface area contributed by atoms with Crippen LogP contribution in [0.3, 0.4) is 0 Å². The second-order valence-electron chi connectivity index (χ2n) is 4.63. The molecule has 1 aliphatic rings. The molecule has 1 fully saturated rings. The van der Waals surface area contributed by atoms with Crippen LogP contribution in [-0.2, 0) is 0 Å². The third-order valence-electron chi connectivity index (χ3n) is 2.35.